The largest absolute Gasteiger partial charge is 0.452 e. The lowest BCUT2D eigenvalue weighted by molar-refractivity contribution is -0.384. The summed E-state index contributed by atoms with van der Waals surface area (Å²) in [4.78, 5) is 62.5. The van der Waals surface area contributed by atoms with Gasteiger partial charge in [0.05, 0.1) is 28.0 Å². The molecule has 10 heteroatoms. The molecule has 0 bridgehead atoms. The zero-order valence-corrected chi connectivity index (χ0v) is 20.8. The van der Waals surface area contributed by atoms with Crippen molar-refractivity contribution in [2.24, 2.45) is 11.8 Å². The van der Waals surface area contributed by atoms with E-state index in [2.05, 4.69) is 17.4 Å². The highest BCUT2D eigenvalue weighted by molar-refractivity contribution is 6.22. The van der Waals surface area contributed by atoms with Crippen molar-refractivity contribution in [2.75, 3.05) is 16.8 Å². The summed E-state index contributed by atoms with van der Waals surface area (Å²) in [5, 5.41) is 13.3. The van der Waals surface area contributed by atoms with Gasteiger partial charge in [0.1, 0.15) is 0 Å². The Hall–Kier alpha value is -4.86. The van der Waals surface area contributed by atoms with Crippen LogP contribution in [-0.4, -0.2) is 35.2 Å². The Bertz CT molecular complexity index is 1440. The van der Waals surface area contributed by atoms with Crippen molar-refractivity contribution >= 4 is 40.8 Å². The van der Waals surface area contributed by atoms with Gasteiger partial charge < -0.3 is 10.1 Å². The number of rotatable bonds is 7. The van der Waals surface area contributed by atoms with Gasteiger partial charge in [-0.3, -0.25) is 29.4 Å². The Balaban J connectivity index is 1.19. The molecule has 198 valence electrons. The molecule has 1 N–H and O–H groups in total. The lowest BCUT2D eigenvalue weighted by Gasteiger charge is -2.28. The van der Waals surface area contributed by atoms with Crippen LogP contribution in [0.3, 0.4) is 0 Å². The van der Waals surface area contributed by atoms with Crippen molar-refractivity contribution in [2.45, 2.75) is 25.2 Å². The van der Waals surface area contributed by atoms with Crippen molar-refractivity contribution in [3.05, 3.63) is 100 Å². The second-order valence-electron chi connectivity index (χ2n) is 9.62. The van der Waals surface area contributed by atoms with E-state index in [4.69, 9.17) is 4.74 Å². The standard InChI is InChI=1S/C29H25N3O7/c33-26(30-21-7-4-8-23(16-21)32(37)38)17-39-29(36)19-9-12-22(13-10-19)31-27(34)24-14-11-20(15-25(24)28(31)35)18-5-2-1-3-6-18/h1-10,12-13,16,20,24-25H,11,14-15,17H2,(H,30,33)/t20-,24+,25+/m0/s1. The number of ether oxygens (including phenoxy) is 1. The van der Waals surface area contributed by atoms with Crippen LogP contribution in [0.4, 0.5) is 17.1 Å². The summed E-state index contributed by atoms with van der Waals surface area (Å²) in [6.45, 7) is -0.599. The van der Waals surface area contributed by atoms with Gasteiger partial charge in [0, 0.05) is 17.8 Å². The van der Waals surface area contributed by atoms with Gasteiger partial charge in [0.2, 0.25) is 11.8 Å². The highest BCUT2D eigenvalue weighted by Gasteiger charge is 2.50. The van der Waals surface area contributed by atoms with E-state index in [0.717, 1.165) is 6.42 Å². The van der Waals surface area contributed by atoms with E-state index in [-0.39, 0.29) is 46.5 Å². The molecular weight excluding hydrogens is 502 g/mol. The van der Waals surface area contributed by atoms with Crippen molar-refractivity contribution in [3.63, 3.8) is 0 Å². The maximum atomic E-state index is 13.3. The van der Waals surface area contributed by atoms with Crippen molar-refractivity contribution < 1.29 is 28.8 Å². The monoisotopic (exact) mass is 527 g/mol. The molecule has 3 amide bonds. The molecule has 1 heterocycles. The molecule has 1 aliphatic heterocycles. The second kappa shape index (κ2) is 10.9. The van der Waals surface area contributed by atoms with Crippen LogP contribution in [-0.2, 0) is 19.1 Å². The minimum Gasteiger partial charge on any atom is -0.452 e. The van der Waals surface area contributed by atoms with E-state index in [1.165, 1.54) is 59.0 Å². The van der Waals surface area contributed by atoms with Gasteiger partial charge in [-0.05, 0) is 61.1 Å². The zero-order chi connectivity index (χ0) is 27.5. The molecule has 1 saturated heterocycles. The van der Waals surface area contributed by atoms with E-state index in [9.17, 15) is 29.3 Å². The van der Waals surface area contributed by atoms with Crippen LogP contribution >= 0.6 is 0 Å². The number of esters is 1. The Morgan fingerprint density at radius 2 is 1.64 bits per heavy atom. The third-order valence-electron chi connectivity index (χ3n) is 7.23. The van der Waals surface area contributed by atoms with E-state index in [1.807, 2.05) is 18.2 Å². The average molecular weight is 528 g/mol. The van der Waals surface area contributed by atoms with Crippen molar-refractivity contribution in [1.29, 1.82) is 0 Å². The molecule has 2 aliphatic rings. The first-order valence-electron chi connectivity index (χ1n) is 12.6. The van der Waals surface area contributed by atoms with Gasteiger partial charge in [0.25, 0.3) is 11.6 Å². The number of hydrogen-bond donors (Lipinski definition) is 1. The van der Waals surface area contributed by atoms with E-state index in [1.54, 1.807) is 0 Å². The predicted molar refractivity (Wildman–Crippen MR) is 141 cm³/mol. The molecule has 5 rings (SSSR count). The van der Waals surface area contributed by atoms with Gasteiger partial charge in [-0.25, -0.2) is 4.79 Å². The fourth-order valence-electron chi connectivity index (χ4n) is 5.32. The quantitative estimate of drug-likeness (QED) is 0.207. The zero-order valence-electron chi connectivity index (χ0n) is 20.8. The highest BCUT2D eigenvalue weighted by Crippen LogP contribution is 2.45. The van der Waals surface area contributed by atoms with Crippen LogP contribution in [0.1, 0.15) is 41.1 Å². The van der Waals surface area contributed by atoms with E-state index >= 15 is 0 Å². The van der Waals surface area contributed by atoms with Gasteiger partial charge in [-0.1, -0.05) is 36.4 Å². The average Bonchev–Trinajstić information content (AvgIpc) is 3.21. The van der Waals surface area contributed by atoms with E-state index in [0.29, 0.717) is 18.5 Å². The maximum absolute atomic E-state index is 13.3. The molecule has 0 radical (unpaired) electrons. The number of nitro groups is 1. The smallest absolute Gasteiger partial charge is 0.338 e. The number of fused-ring (bicyclic) bond motifs is 1. The van der Waals surface area contributed by atoms with Crippen molar-refractivity contribution in [3.8, 4) is 0 Å². The first-order chi connectivity index (χ1) is 18.8. The molecule has 3 atom stereocenters. The molecular formula is C29H25N3O7. The molecule has 39 heavy (non-hydrogen) atoms. The molecule has 1 saturated carbocycles. The number of carbonyl (C=O) groups excluding carboxylic acids is 4. The summed E-state index contributed by atoms with van der Waals surface area (Å²) in [6, 6.07) is 21.3. The number of carbonyl (C=O) groups is 4. The summed E-state index contributed by atoms with van der Waals surface area (Å²) >= 11 is 0. The topological polar surface area (TPSA) is 136 Å². The molecule has 3 aromatic rings. The molecule has 0 spiro atoms. The third kappa shape index (κ3) is 5.40. The SMILES string of the molecule is O=C(COC(=O)c1ccc(N2C(=O)[C@@H]3CC[C@H](c4ccccc4)C[C@H]3C2=O)cc1)Nc1cccc([N+](=O)[O-])c1. The van der Waals surface area contributed by atoms with Crippen LogP contribution in [0.15, 0.2) is 78.9 Å². The van der Waals surface area contributed by atoms with Crippen LogP contribution in [0, 0.1) is 22.0 Å². The van der Waals surface area contributed by atoms with Crippen LogP contribution in [0.25, 0.3) is 0 Å². The van der Waals surface area contributed by atoms with E-state index < -0.39 is 23.4 Å². The first-order valence-corrected chi connectivity index (χ1v) is 12.6. The Morgan fingerprint density at radius 1 is 0.923 bits per heavy atom. The summed E-state index contributed by atoms with van der Waals surface area (Å²) in [7, 11) is 0. The maximum Gasteiger partial charge on any atom is 0.338 e. The second-order valence-corrected chi connectivity index (χ2v) is 9.62. The predicted octanol–water partition coefficient (Wildman–Crippen LogP) is 4.46. The fourth-order valence-corrected chi connectivity index (χ4v) is 5.32. The normalized spacial score (nSPS) is 20.3. The summed E-state index contributed by atoms with van der Waals surface area (Å²) in [6.07, 6.45) is 2.12. The number of nitro benzene ring substituents is 1. The molecule has 3 aromatic carbocycles. The van der Waals surface area contributed by atoms with Gasteiger partial charge in [-0.15, -0.1) is 0 Å². The van der Waals surface area contributed by atoms with Crippen LogP contribution < -0.4 is 10.2 Å². The summed E-state index contributed by atoms with van der Waals surface area (Å²) < 4.78 is 5.05. The number of nitrogens with one attached hydrogen (secondary N) is 1. The fraction of sp³-hybridized carbons (Fsp3) is 0.241. The lowest BCUT2D eigenvalue weighted by Crippen LogP contribution is -2.30. The summed E-state index contributed by atoms with van der Waals surface area (Å²) in [5.41, 5.74) is 1.72. The molecule has 10 nitrogen and oxygen atoms in total. The number of benzene rings is 3. The lowest BCUT2D eigenvalue weighted by atomic mass is 9.73. The molecule has 0 unspecified atom stereocenters. The molecule has 1 aliphatic carbocycles. The van der Waals surface area contributed by atoms with Crippen LogP contribution in [0.5, 0.6) is 0 Å². The minimum atomic E-state index is -0.769. The van der Waals surface area contributed by atoms with Gasteiger partial charge in [0.15, 0.2) is 6.61 Å². The number of nitrogens with zero attached hydrogens (tertiary/aromatic N) is 2. The number of amides is 3. The first kappa shape index (κ1) is 25.8. The Kier molecular flexibility index (Phi) is 7.18. The molecule has 2 fully saturated rings. The number of non-ortho nitro benzene ring substituents is 1. The molecule has 0 aromatic heterocycles. The summed E-state index contributed by atoms with van der Waals surface area (Å²) in [5.74, 6) is -2.35. The van der Waals surface area contributed by atoms with Crippen LogP contribution in [0.2, 0.25) is 0 Å². The number of imide groups is 1. The third-order valence-corrected chi connectivity index (χ3v) is 7.23. The number of anilines is 2. The van der Waals surface area contributed by atoms with Gasteiger partial charge in [-0.2, -0.15) is 0 Å². The Labute approximate surface area is 223 Å². The van der Waals surface area contributed by atoms with Gasteiger partial charge >= 0.3 is 5.97 Å². The van der Waals surface area contributed by atoms with Crippen molar-refractivity contribution in [1.82, 2.24) is 0 Å². The number of hydrogen-bond acceptors (Lipinski definition) is 7. The Morgan fingerprint density at radius 3 is 2.36 bits per heavy atom. The highest BCUT2D eigenvalue weighted by atomic mass is 16.6. The minimum absolute atomic E-state index is 0.141.